The van der Waals surface area contributed by atoms with Crippen LogP contribution in [0.1, 0.15) is 39.0 Å². The number of fused-ring (bicyclic) bond motifs is 1. The van der Waals surface area contributed by atoms with Gasteiger partial charge < -0.3 is 0 Å². The summed E-state index contributed by atoms with van der Waals surface area (Å²) in [6.07, 6.45) is 5.94. The molecule has 0 amide bonds. The molecule has 0 N–H and O–H groups in total. The lowest BCUT2D eigenvalue weighted by Crippen LogP contribution is -2.25. The molecule has 2 aromatic rings. The first-order valence-corrected chi connectivity index (χ1v) is 7.67. The number of carbonyl (C=O) groups excluding carboxylic acids is 1. The van der Waals surface area contributed by atoms with E-state index in [1.807, 2.05) is 12.1 Å². The fraction of sp³-hybridized carbons (Fsp3) is 0.333. The van der Waals surface area contributed by atoms with E-state index in [0.29, 0.717) is 11.4 Å². The number of benzene rings is 1. The summed E-state index contributed by atoms with van der Waals surface area (Å²) in [6.45, 7) is 4.16. The number of halogens is 1. The Morgan fingerprint density at radius 2 is 2.05 bits per heavy atom. The normalized spacial score (nSPS) is 17.7. The highest BCUT2D eigenvalue weighted by Gasteiger charge is 2.28. The van der Waals surface area contributed by atoms with Crippen molar-refractivity contribution in [3.63, 3.8) is 0 Å². The Hall–Kier alpha value is -1.67. The zero-order valence-corrected chi connectivity index (χ0v) is 13.1. The summed E-state index contributed by atoms with van der Waals surface area (Å²) in [5.74, 6) is 0.284. The number of aromatic nitrogens is 1. The smallest absolute Gasteiger partial charge is 0.166 e. The van der Waals surface area contributed by atoms with Crippen LogP contribution in [0.25, 0.3) is 0 Å². The zero-order valence-electron chi connectivity index (χ0n) is 12.3. The van der Waals surface area contributed by atoms with E-state index in [2.05, 4.69) is 24.9 Å². The summed E-state index contributed by atoms with van der Waals surface area (Å²) in [4.78, 5) is 16.7. The summed E-state index contributed by atoms with van der Waals surface area (Å²) < 4.78 is 0. The van der Waals surface area contributed by atoms with E-state index in [-0.39, 0.29) is 11.7 Å². The monoisotopic (exact) mass is 299 g/mol. The highest BCUT2D eigenvalue weighted by molar-refractivity contribution is 6.31. The van der Waals surface area contributed by atoms with Crippen LogP contribution in [0.4, 0.5) is 0 Å². The van der Waals surface area contributed by atoms with Gasteiger partial charge in [0.25, 0.3) is 0 Å². The van der Waals surface area contributed by atoms with E-state index in [9.17, 15) is 4.79 Å². The van der Waals surface area contributed by atoms with Gasteiger partial charge >= 0.3 is 0 Å². The lowest BCUT2D eigenvalue weighted by atomic mass is 9.78. The topological polar surface area (TPSA) is 30.0 Å². The Bertz CT molecular complexity index is 708. The molecule has 3 rings (SSSR count). The second-order valence-corrected chi connectivity index (χ2v) is 6.27. The molecular formula is C18H18ClNO. The number of pyridine rings is 1. The third-order valence-electron chi connectivity index (χ3n) is 4.44. The molecule has 1 aliphatic rings. The summed E-state index contributed by atoms with van der Waals surface area (Å²) in [5.41, 5.74) is 5.55. The molecule has 1 heterocycles. The minimum atomic E-state index is 0.0273. The number of hydrogen-bond donors (Lipinski definition) is 0. The minimum Gasteiger partial charge on any atom is -0.294 e. The number of aryl methyl sites for hydroxylation is 3. The first kappa shape index (κ1) is 14.3. The molecule has 0 bridgehead atoms. The van der Waals surface area contributed by atoms with Gasteiger partial charge in [0.1, 0.15) is 0 Å². The van der Waals surface area contributed by atoms with Gasteiger partial charge in [0.2, 0.25) is 0 Å². The fourth-order valence-electron chi connectivity index (χ4n) is 3.02. The third kappa shape index (κ3) is 2.73. The molecular weight excluding hydrogens is 282 g/mol. The van der Waals surface area contributed by atoms with Gasteiger partial charge in [-0.15, -0.1) is 0 Å². The molecule has 0 spiro atoms. The molecule has 1 aromatic heterocycles. The molecule has 0 fully saturated rings. The first-order chi connectivity index (χ1) is 10.1. The van der Waals surface area contributed by atoms with E-state index in [4.69, 9.17) is 11.6 Å². The number of hydrogen-bond acceptors (Lipinski definition) is 2. The van der Waals surface area contributed by atoms with Gasteiger partial charge in [-0.2, -0.15) is 0 Å². The standard InChI is InChI=1S/C18H18ClNO/c1-11-7-13-3-4-15(18(21)16(13)8-12(11)2)9-14-5-6-20-10-17(14)19/h5-8,10,15H,3-4,9H2,1-2H3. The second-order valence-electron chi connectivity index (χ2n) is 5.86. The molecule has 1 unspecified atom stereocenters. The van der Waals surface area contributed by atoms with Crippen LogP contribution in [0.5, 0.6) is 0 Å². The van der Waals surface area contributed by atoms with Gasteiger partial charge in [0.15, 0.2) is 5.78 Å². The quantitative estimate of drug-likeness (QED) is 0.825. The van der Waals surface area contributed by atoms with Crippen molar-refractivity contribution in [2.75, 3.05) is 0 Å². The van der Waals surface area contributed by atoms with Gasteiger partial charge in [-0.05, 0) is 67.5 Å². The maximum atomic E-state index is 12.7. The van der Waals surface area contributed by atoms with Crippen molar-refractivity contribution in [3.05, 3.63) is 63.4 Å². The van der Waals surface area contributed by atoms with Crippen LogP contribution in [0, 0.1) is 19.8 Å². The fourth-order valence-corrected chi connectivity index (χ4v) is 3.22. The summed E-state index contributed by atoms with van der Waals surface area (Å²) in [5, 5.41) is 0.649. The lowest BCUT2D eigenvalue weighted by Gasteiger charge is -2.24. The maximum absolute atomic E-state index is 12.7. The Kier molecular flexibility index (Phi) is 3.81. The molecule has 0 saturated heterocycles. The van der Waals surface area contributed by atoms with E-state index in [0.717, 1.165) is 24.0 Å². The van der Waals surface area contributed by atoms with Crippen LogP contribution >= 0.6 is 11.6 Å². The third-order valence-corrected chi connectivity index (χ3v) is 4.78. The lowest BCUT2D eigenvalue weighted by molar-refractivity contribution is 0.0901. The van der Waals surface area contributed by atoms with Crippen LogP contribution < -0.4 is 0 Å². The van der Waals surface area contributed by atoms with E-state index >= 15 is 0 Å². The van der Waals surface area contributed by atoms with Gasteiger partial charge in [-0.3, -0.25) is 9.78 Å². The molecule has 21 heavy (non-hydrogen) atoms. The van der Waals surface area contributed by atoms with Crippen LogP contribution in [0.3, 0.4) is 0 Å². The molecule has 1 atom stereocenters. The van der Waals surface area contributed by atoms with E-state index < -0.39 is 0 Å². The highest BCUT2D eigenvalue weighted by atomic mass is 35.5. The van der Waals surface area contributed by atoms with Crippen molar-refractivity contribution in [1.82, 2.24) is 4.98 Å². The molecule has 3 heteroatoms. The van der Waals surface area contributed by atoms with Gasteiger partial charge in [0, 0.05) is 23.9 Å². The predicted octanol–water partition coefficient (Wildman–Crippen LogP) is 4.34. The minimum absolute atomic E-state index is 0.0273. The van der Waals surface area contributed by atoms with Gasteiger partial charge in [-0.1, -0.05) is 17.7 Å². The van der Waals surface area contributed by atoms with Crippen LogP contribution in [0.15, 0.2) is 30.6 Å². The zero-order chi connectivity index (χ0) is 15.0. The summed E-state index contributed by atoms with van der Waals surface area (Å²) in [6, 6.07) is 6.12. The first-order valence-electron chi connectivity index (χ1n) is 7.29. The molecule has 2 nitrogen and oxygen atoms in total. The summed E-state index contributed by atoms with van der Waals surface area (Å²) >= 11 is 6.16. The highest BCUT2D eigenvalue weighted by Crippen LogP contribution is 2.31. The van der Waals surface area contributed by atoms with Crippen LogP contribution in [-0.2, 0) is 12.8 Å². The number of Topliss-reactive ketones (excluding diaryl/α,β-unsaturated/α-hetero) is 1. The average molecular weight is 300 g/mol. The van der Waals surface area contributed by atoms with Crippen molar-refractivity contribution in [2.24, 2.45) is 5.92 Å². The Morgan fingerprint density at radius 3 is 2.81 bits per heavy atom. The number of nitrogens with zero attached hydrogens (tertiary/aromatic N) is 1. The van der Waals surface area contributed by atoms with Crippen molar-refractivity contribution in [2.45, 2.75) is 33.1 Å². The molecule has 108 valence electrons. The van der Waals surface area contributed by atoms with Crippen LogP contribution in [-0.4, -0.2) is 10.8 Å². The molecule has 0 aliphatic heterocycles. The summed E-state index contributed by atoms with van der Waals surface area (Å²) in [7, 11) is 0. The average Bonchev–Trinajstić information content (AvgIpc) is 2.46. The molecule has 1 aromatic carbocycles. The van der Waals surface area contributed by atoms with Crippen molar-refractivity contribution < 1.29 is 4.79 Å². The van der Waals surface area contributed by atoms with Crippen molar-refractivity contribution in [1.29, 1.82) is 0 Å². The van der Waals surface area contributed by atoms with Gasteiger partial charge in [-0.25, -0.2) is 0 Å². The predicted molar refractivity (Wildman–Crippen MR) is 85.0 cm³/mol. The van der Waals surface area contributed by atoms with Crippen molar-refractivity contribution in [3.8, 4) is 0 Å². The van der Waals surface area contributed by atoms with Crippen LogP contribution in [0.2, 0.25) is 5.02 Å². The number of ketones is 1. The maximum Gasteiger partial charge on any atom is 0.166 e. The molecule has 1 aliphatic carbocycles. The Balaban J connectivity index is 1.89. The molecule has 0 radical (unpaired) electrons. The van der Waals surface area contributed by atoms with E-state index in [1.54, 1.807) is 12.4 Å². The SMILES string of the molecule is Cc1cc2c(cc1C)C(=O)C(Cc1ccncc1Cl)CC2. The number of rotatable bonds is 2. The molecule has 0 saturated carbocycles. The largest absolute Gasteiger partial charge is 0.294 e. The Labute approximate surface area is 130 Å². The van der Waals surface area contributed by atoms with Crippen molar-refractivity contribution >= 4 is 17.4 Å². The Morgan fingerprint density at radius 1 is 1.29 bits per heavy atom. The second kappa shape index (κ2) is 5.61. The van der Waals surface area contributed by atoms with Gasteiger partial charge in [0.05, 0.1) is 5.02 Å². The number of carbonyl (C=O) groups is 1. The van der Waals surface area contributed by atoms with E-state index in [1.165, 1.54) is 16.7 Å².